The van der Waals surface area contributed by atoms with Crippen LogP contribution >= 0.6 is 0 Å². The van der Waals surface area contributed by atoms with Crippen molar-refractivity contribution in [3.05, 3.63) is 84.1 Å². The first-order valence-corrected chi connectivity index (χ1v) is 10.9. The van der Waals surface area contributed by atoms with E-state index in [0.717, 1.165) is 47.8 Å². The number of nitrogens with zero attached hydrogens (tertiary/aromatic N) is 2. The minimum atomic E-state index is 0.162. The van der Waals surface area contributed by atoms with Crippen molar-refractivity contribution in [1.29, 1.82) is 0 Å². The molecule has 0 aliphatic heterocycles. The SMILES string of the molecule is CC(C)(C)c1ccc(OCCCCn2c(/C=C/c3ccco3)nc3ccccc32)cc1. The number of benzene rings is 2. The van der Waals surface area contributed by atoms with E-state index in [1.165, 1.54) is 5.56 Å². The molecular formula is C27H30N2O2. The number of furan rings is 1. The maximum atomic E-state index is 5.96. The van der Waals surface area contributed by atoms with Crippen molar-refractivity contribution >= 4 is 23.2 Å². The van der Waals surface area contributed by atoms with E-state index < -0.39 is 0 Å². The number of fused-ring (bicyclic) bond motifs is 1. The molecule has 0 aliphatic rings. The molecule has 0 fully saturated rings. The van der Waals surface area contributed by atoms with E-state index in [1.54, 1.807) is 6.26 Å². The second-order valence-corrected chi connectivity index (χ2v) is 8.79. The molecule has 0 unspecified atom stereocenters. The van der Waals surface area contributed by atoms with E-state index in [9.17, 15) is 0 Å². The minimum Gasteiger partial charge on any atom is -0.494 e. The van der Waals surface area contributed by atoms with Crippen molar-refractivity contribution in [2.45, 2.75) is 45.6 Å². The number of para-hydroxylation sites is 2. The fourth-order valence-corrected chi connectivity index (χ4v) is 3.61. The summed E-state index contributed by atoms with van der Waals surface area (Å²) >= 11 is 0. The number of aromatic nitrogens is 2. The summed E-state index contributed by atoms with van der Waals surface area (Å²) in [6.45, 7) is 8.27. The zero-order valence-electron chi connectivity index (χ0n) is 18.5. The van der Waals surface area contributed by atoms with Crippen LogP contribution in [0.3, 0.4) is 0 Å². The van der Waals surface area contributed by atoms with Crippen LogP contribution in [0.15, 0.2) is 71.3 Å². The van der Waals surface area contributed by atoms with Gasteiger partial charge in [0.05, 0.1) is 23.9 Å². The molecule has 4 rings (SSSR count). The molecule has 0 N–H and O–H groups in total. The largest absolute Gasteiger partial charge is 0.494 e. The lowest BCUT2D eigenvalue weighted by Gasteiger charge is -2.19. The van der Waals surface area contributed by atoms with Gasteiger partial charge in [0.25, 0.3) is 0 Å². The highest BCUT2D eigenvalue weighted by Crippen LogP contribution is 2.24. The molecule has 4 aromatic rings. The third-order valence-electron chi connectivity index (χ3n) is 5.39. The Balaban J connectivity index is 1.36. The maximum Gasteiger partial charge on any atom is 0.133 e. The summed E-state index contributed by atoms with van der Waals surface area (Å²) in [5.41, 5.74) is 3.65. The average molecular weight is 415 g/mol. The fraction of sp³-hybridized carbons (Fsp3) is 0.296. The number of ether oxygens (including phenoxy) is 1. The van der Waals surface area contributed by atoms with Gasteiger partial charge in [0.1, 0.15) is 17.3 Å². The highest BCUT2D eigenvalue weighted by Gasteiger charge is 2.13. The van der Waals surface area contributed by atoms with Crippen LogP contribution < -0.4 is 4.74 Å². The Bertz CT molecular complexity index is 1130. The number of hydrogen-bond acceptors (Lipinski definition) is 3. The summed E-state index contributed by atoms with van der Waals surface area (Å²) in [5.74, 6) is 2.70. The number of rotatable bonds is 8. The normalized spacial score (nSPS) is 12.1. The lowest BCUT2D eigenvalue weighted by atomic mass is 9.87. The Morgan fingerprint density at radius 1 is 0.935 bits per heavy atom. The first-order valence-electron chi connectivity index (χ1n) is 10.9. The van der Waals surface area contributed by atoms with Crippen LogP contribution in [0.25, 0.3) is 23.2 Å². The van der Waals surface area contributed by atoms with Crippen molar-refractivity contribution in [2.75, 3.05) is 6.61 Å². The van der Waals surface area contributed by atoms with Crippen molar-refractivity contribution in [1.82, 2.24) is 9.55 Å². The van der Waals surface area contributed by atoms with Gasteiger partial charge < -0.3 is 13.7 Å². The fourth-order valence-electron chi connectivity index (χ4n) is 3.61. The summed E-state index contributed by atoms with van der Waals surface area (Å²) in [6, 6.07) is 20.6. The van der Waals surface area contributed by atoms with E-state index in [0.29, 0.717) is 6.61 Å². The highest BCUT2D eigenvalue weighted by atomic mass is 16.5. The number of hydrogen-bond donors (Lipinski definition) is 0. The Morgan fingerprint density at radius 3 is 2.48 bits per heavy atom. The third kappa shape index (κ3) is 5.26. The van der Waals surface area contributed by atoms with E-state index in [2.05, 4.69) is 67.8 Å². The van der Waals surface area contributed by atoms with Gasteiger partial charge in [-0.2, -0.15) is 0 Å². The number of imidazole rings is 1. The van der Waals surface area contributed by atoms with Gasteiger partial charge in [0.15, 0.2) is 0 Å². The third-order valence-corrected chi connectivity index (χ3v) is 5.39. The van der Waals surface area contributed by atoms with Gasteiger partial charge in [0, 0.05) is 6.54 Å². The molecule has 0 aliphatic carbocycles. The molecule has 31 heavy (non-hydrogen) atoms. The second kappa shape index (κ2) is 9.25. The average Bonchev–Trinajstić information content (AvgIpc) is 3.39. The van der Waals surface area contributed by atoms with E-state index in [4.69, 9.17) is 14.1 Å². The van der Waals surface area contributed by atoms with Crippen LogP contribution in [-0.4, -0.2) is 16.2 Å². The lowest BCUT2D eigenvalue weighted by Crippen LogP contribution is -2.10. The lowest BCUT2D eigenvalue weighted by molar-refractivity contribution is 0.303. The Morgan fingerprint density at radius 2 is 1.74 bits per heavy atom. The molecule has 4 nitrogen and oxygen atoms in total. The molecule has 0 atom stereocenters. The van der Waals surface area contributed by atoms with Crippen LogP contribution in [0.1, 0.15) is 50.8 Å². The predicted octanol–water partition coefficient (Wildman–Crippen LogP) is 6.96. The summed E-state index contributed by atoms with van der Waals surface area (Å²) < 4.78 is 13.6. The molecule has 0 spiro atoms. The standard InChI is InChI=1S/C27H30N2O2/c1-27(2,3)21-12-14-23(15-13-21)30-19-7-6-18-29-25-11-5-4-10-24(25)28-26(29)17-16-22-9-8-20-31-22/h4-5,8-17,20H,6-7,18-19H2,1-3H3/b17-16+. The summed E-state index contributed by atoms with van der Waals surface area (Å²) in [5, 5.41) is 0. The van der Waals surface area contributed by atoms with Gasteiger partial charge in [-0.15, -0.1) is 0 Å². The van der Waals surface area contributed by atoms with Gasteiger partial charge in [-0.05, 0) is 72.4 Å². The monoisotopic (exact) mass is 414 g/mol. The van der Waals surface area contributed by atoms with Crippen LogP contribution in [0.2, 0.25) is 0 Å². The molecule has 160 valence electrons. The summed E-state index contributed by atoms with van der Waals surface area (Å²) in [4.78, 5) is 4.79. The van der Waals surface area contributed by atoms with Gasteiger partial charge in [-0.1, -0.05) is 45.0 Å². The summed E-state index contributed by atoms with van der Waals surface area (Å²) in [6.07, 6.45) is 7.66. The number of aryl methyl sites for hydroxylation is 1. The second-order valence-electron chi connectivity index (χ2n) is 8.79. The van der Waals surface area contributed by atoms with Crippen molar-refractivity contribution in [2.24, 2.45) is 0 Å². The van der Waals surface area contributed by atoms with E-state index >= 15 is 0 Å². The highest BCUT2D eigenvalue weighted by molar-refractivity contribution is 5.79. The minimum absolute atomic E-state index is 0.162. The molecule has 4 heteroatoms. The van der Waals surface area contributed by atoms with Gasteiger partial charge in [-0.25, -0.2) is 4.98 Å². The zero-order valence-corrected chi connectivity index (χ0v) is 18.5. The quantitative estimate of drug-likeness (QED) is 0.293. The Hall–Kier alpha value is -3.27. The molecule has 2 aromatic carbocycles. The Kier molecular flexibility index (Phi) is 6.26. The van der Waals surface area contributed by atoms with E-state index in [1.807, 2.05) is 30.4 Å². The topological polar surface area (TPSA) is 40.2 Å². The first kappa shape index (κ1) is 21.0. The maximum absolute atomic E-state index is 5.96. The van der Waals surface area contributed by atoms with Crippen molar-refractivity contribution in [3.8, 4) is 5.75 Å². The molecule has 0 saturated carbocycles. The molecule has 0 bridgehead atoms. The van der Waals surface area contributed by atoms with Crippen LogP contribution in [0.4, 0.5) is 0 Å². The smallest absolute Gasteiger partial charge is 0.133 e. The molecule has 2 heterocycles. The number of unbranched alkanes of at least 4 members (excludes halogenated alkanes) is 1. The zero-order chi connectivity index (χ0) is 21.7. The molecule has 0 saturated heterocycles. The van der Waals surface area contributed by atoms with Gasteiger partial charge in [0.2, 0.25) is 0 Å². The predicted molar refractivity (Wildman–Crippen MR) is 127 cm³/mol. The molecule has 0 radical (unpaired) electrons. The van der Waals surface area contributed by atoms with Crippen LogP contribution in [0, 0.1) is 0 Å². The molecule has 0 amide bonds. The summed E-state index contributed by atoms with van der Waals surface area (Å²) in [7, 11) is 0. The first-order chi connectivity index (χ1) is 15.0. The van der Waals surface area contributed by atoms with Crippen LogP contribution in [-0.2, 0) is 12.0 Å². The molecular weight excluding hydrogens is 384 g/mol. The van der Waals surface area contributed by atoms with Gasteiger partial charge >= 0.3 is 0 Å². The molecule has 2 aromatic heterocycles. The van der Waals surface area contributed by atoms with Crippen LogP contribution in [0.5, 0.6) is 5.75 Å². The van der Waals surface area contributed by atoms with Crippen molar-refractivity contribution in [3.63, 3.8) is 0 Å². The van der Waals surface area contributed by atoms with Crippen molar-refractivity contribution < 1.29 is 9.15 Å². The Labute approximate surface area is 184 Å². The van der Waals surface area contributed by atoms with Gasteiger partial charge in [-0.3, -0.25) is 0 Å². The van der Waals surface area contributed by atoms with E-state index in [-0.39, 0.29) is 5.41 Å².